The van der Waals surface area contributed by atoms with Crippen LogP contribution in [0.2, 0.25) is 0 Å². The van der Waals surface area contributed by atoms with Crippen LogP contribution < -0.4 is 0 Å². The van der Waals surface area contributed by atoms with Gasteiger partial charge in [-0.25, -0.2) is 0 Å². The molecule has 2 fully saturated rings. The van der Waals surface area contributed by atoms with Crippen LogP contribution in [-0.4, -0.2) is 30.7 Å². The minimum Gasteiger partial charge on any atom is -0.373 e. The first-order valence-corrected chi connectivity index (χ1v) is 3.89. The van der Waals surface area contributed by atoms with Crippen molar-refractivity contribution in [2.45, 2.75) is 37.9 Å². The number of hydrogen-bond donors (Lipinski definition) is 0. The Morgan fingerprint density at radius 3 is 2.73 bits per heavy atom. The minimum atomic E-state index is -0.449. The first-order valence-electron chi connectivity index (χ1n) is 3.89. The van der Waals surface area contributed by atoms with Gasteiger partial charge in [0.25, 0.3) is 0 Å². The molecule has 2 aliphatic heterocycles. The molecule has 3 nitrogen and oxygen atoms in total. The Labute approximate surface area is 66.6 Å². The van der Waals surface area contributed by atoms with Crippen LogP contribution >= 0.6 is 0 Å². The van der Waals surface area contributed by atoms with E-state index < -0.39 is 5.79 Å². The summed E-state index contributed by atoms with van der Waals surface area (Å²) in [5, 5.41) is 0. The summed E-state index contributed by atoms with van der Waals surface area (Å²) < 4.78 is 16.4. The molecule has 0 N–H and O–H groups in total. The van der Waals surface area contributed by atoms with Crippen molar-refractivity contribution in [1.29, 1.82) is 0 Å². The number of fused-ring (bicyclic) bond motifs is 1. The summed E-state index contributed by atoms with van der Waals surface area (Å²) >= 11 is 0. The highest BCUT2D eigenvalue weighted by Crippen LogP contribution is 2.34. The quantitative estimate of drug-likeness (QED) is 0.519. The van der Waals surface area contributed by atoms with E-state index in [1.807, 2.05) is 13.8 Å². The van der Waals surface area contributed by atoms with Crippen LogP contribution in [0.15, 0.2) is 0 Å². The van der Waals surface area contributed by atoms with E-state index in [0.717, 1.165) is 0 Å². The molecule has 0 aromatic carbocycles. The van der Waals surface area contributed by atoms with Crippen LogP contribution in [0.5, 0.6) is 0 Å². The summed E-state index contributed by atoms with van der Waals surface area (Å²) in [6.45, 7) is 8.26. The van der Waals surface area contributed by atoms with Crippen molar-refractivity contribution in [2.24, 2.45) is 0 Å². The van der Waals surface area contributed by atoms with Gasteiger partial charge in [0.2, 0.25) is 0 Å². The van der Waals surface area contributed by atoms with E-state index in [-0.39, 0.29) is 18.3 Å². The molecule has 3 heteroatoms. The van der Waals surface area contributed by atoms with Gasteiger partial charge in [-0.1, -0.05) is 0 Å². The molecule has 3 atom stereocenters. The Hall–Kier alpha value is -0.120. The van der Waals surface area contributed by atoms with Gasteiger partial charge in [0.15, 0.2) is 5.79 Å². The average molecular weight is 157 g/mol. The van der Waals surface area contributed by atoms with Gasteiger partial charge < -0.3 is 14.2 Å². The van der Waals surface area contributed by atoms with Gasteiger partial charge in [-0.3, -0.25) is 0 Å². The van der Waals surface area contributed by atoms with Gasteiger partial charge in [-0.2, -0.15) is 0 Å². The van der Waals surface area contributed by atoms with Crippen LogP contribution in [0.1, 0.15) is 13.8 Å². The maximum atomic E-state index is 5.58. The third-order valence-electron chi connectivity index (χ3n) is 2.06. The molecule has 63 valence electrons. The van der Waals surface area contributed by atoms with E-state index in [0.29, 0.717) is 6.61 Å². The monoisotopic (exact) mass is 157 g/mol. The topological polar surface area (TPSA) is 27.7 Å². The van der Waals surface area contributed by atoms with Gasteiger partial charge in [-0.05, 0) is 20.8 Å². The van der Waals surface area contributed by atoms with Crippen molar-refractivity contribution >= 4 is 0 Å². The maximum absolute atomic E-state index is 5.58. The molecule has 0 unspecified atom stereocenters. The lowest BCUT2D eigenvalue weighted by atomic mass is 10.2. The van der Waals surface area contributed by atoms with E-state index >= 15 is 0 Å². The van der Waals surface area contributed by atoms with Crippen LogP contribution in [0, 0.1) is 6.92 Å². The fourth-order valence-corrected chi connectivity index (χ4v) is 1.62. The van der Waals surface area contributed by atoms with Gasteiger partial charge in [-0.15, -0.1) is 0 Å². The lowest BCUT2D eigenvalue weighted by Crippen LogP contribution is -2.27. The minimum absolute atomic E-state index is 0.0324. The van der Waals surface area contributed by atoms with Crippen molar-refractivity contribution in [2.75, 3.05) is 6.61 Å². The predicted octanol–water partition coefficient (Wildman–Crippen LogP) is 0.739. The highest BCUT2D eigenvalue weighted by molar-refractivity contribution is 4.93. The van der Waals surface area contributed by atoms with Crippen LogP contribution in [0.25, 0.3) is 0 Å². The largest absolute Gasteiger partial charge is 0.373 e. The Kier molecular flexibility index (Phi) is 1.50. The predicted molar refractivity (Wildman–Crippen MR) is 38.9 cm³/mol. The highest BCUT2D eigenvalue weighted by atomic mass is 16.8. The molecule has 0 saturated carbocycles. The molecule has 2 rings (SSSR count). The molecule has 1 radical (unpaired) electrons. The molecular weight excluding hydrogens is 144 g/mol. The summed E-state index contributed by atoms with van der Waals surface area (Å²) in [4.78, 5) is 0. The summed E-state index contributed by atoms with van der Waals surface area (Å²) in [5.74, 6) is -0.449. The molecule has 0 bridgehead atoms. The van der Waals surface area contributed by atoms with Gasteiger partial charge in [0, 0.05) is 0 Å². The standard InChI is InChI=1S/C8H13O3/c1-5-7-6(4-9-5)10-8(2,3)11-7/h5-7H,1,4H2,2-3H3/t5-,6+,7-/m1/s1. The summed E-state index contributed by atoms with van der Waals surface area (Å²) in [7, 11) is 0. The molecule has 11 heavy (non-hydrogen) atoms. The second kappa shape index (κ2) is 2.19. The van der Waals surface area contributed by atoms with Crippen molar-refractivity contribution < 1.29 is 14.2 Å². The second-order valence-electron chi connectivity index (χ2n) is 3.51. The van der Waals surface area contributed by atoms with Crippen molar-refractivity contribution in [3.63, 3.8) is 0 Å². The van der Waals surface area contributed by atoms with Crippen molar-refractivity contribution in [3.05, 3.63) is 6.92 Å². The SMILES string of the molecule is [CH2][C@H]1OC[C@@H]2OC(C)(C)O[C@@H]21. The summed E-state index contributed by atoms with van der Waals surface area (Å²) in [6, 6.07) is 0. The Bertz CT molecular complexity index is 167. The first-order chi connectivity index (χ1) is 5.08. The molecule has 2 saturated heterocycles. The van der Waals surface area contributed by atoms with Crippen LogP contribution in [0.4, 0.5) is 0 Å². The van der Waals surface area contributed by atoms with Gasteiger partial charge in [0.1, 0.15) is 12.2 Å². The van der Waals surface area contributed by atoms with E-state index in [2.05, 4.69) is 6.92 Å². The Balaban J connectivity index is 2.10. The van der Waals surface area contributed by atoms with Crippen molar-refractivity contribution in [3.8, 4) is 0 Å². The zero-order chi connectivity index (χ0) is 8.06. The van der Waals surface area contributed by atoms with E-state index in [1.54, 1.807) is 0 Å². The third kappa shape index (κ3) is 1.17. The average Bonchev–Trinajstić information content (AvgIpc) is 2.31. The Morgan fingerprint density at radius 1 is 1.36 bits per heavy atom. The molecule has 0 aromatic heterocycles. The maximum Gasteiger partial charge on any atom is 0.164 e. The van der Waals surface area contributed by atoms with Crippen LogP contribution in [0.3, 0.4) is 0 Å². The fourth-order valence-electron chi connectivity index (χ4n) is 1.62. The zero-order valence-corrected chi connectivity index (χ0v) is 6.87. The van der Waals surface area contributed by atoms with E-state index in [9.17, 15) is 0 Å². The number of ether oxygens (including phenoxy) is 3. The first kappa shape index (κ1) is 7.53. The number of rotatable bonds is 0. The second-order valence-corrected chi connectivity index (χ2v) is 3.51. The summed E-state index contributed by atoms with van der Waals surface area (Å²) in [6.07, 6.45) is 0.0549. The molecular formula is C8H13O3. The van der Waals surface area contributed by atoms with Crippen molar-refractivity contribution in [1.82, 2.24) is 0 Å². The highest BCUT2D eigenvalue weighted by Gasteiger charge is 2.48. The smallest absolute Gasteiger partial charge is 0.164 e. The molecule has 0 amide bonds. The van der Waals surface area contributed by atoms with Gasteiger partial charge >= 0.3 is 0 Å². The van der Waals surface area contributed by atoms with Gasteiger partial charge in [0.05, 0.1) is 12.7 Å². The normalized spacial score (nSPS) is 47.7. The molecule has 0 spiro atoms. The summed E-state index contributed by atoms with van der Waals surface area (Å²) in [5.41, 5.74) is 0. The third-order valence-corrected chi connectivity index (χ3v) is 2.06. The lowest BCUT2D eigenvalue weighted by Gasteiger charge is -2.19. The van der Waals surface area contributed by atoms with Crippen LogP contribution in [-0.2, 0) is 14.2 Å². The number of hydrogen-bond acceptors (Lipinski definition) is 3. The fraction of sp³-hybridized carbons (Fsp3) is 0.875. The van der Waals surface area contributed by atoms with E-state index in [4.69, 9.17) is 14.2 Å². The Morgan fingerprint density at radius 2 is 2.09 bits per heavy atom. The molecule has 0 aromatic rings. The lowest BCUT2D eigenvalue weighted by molar-refractivity contribution is -0.170. The molecule has 2 aliphatic rings. The van der Waals surface area contributed by atoms with E-state index in [1.165, 1.54) is 0 Å². The molecule has 2 heterocycles. The zero-order valence-electron chi connectivity index (χ0n) is 6.87. The molecule has 0 aliphatic carbocycles.